The van der Waals surface area contributed by atoms with Crippen LogP contribution in [-0.4, -0.2) is 30.3 Å². The van der Waals surface area contributed by atoms with Gasteiger partial charge in [0.25, 0.3) is 5.91 Å². The van der Waals surface area contributed by atoms with Gasteiger partial charge in [-0.1, -0.05) is 35.4 Å². The van der Waals surface area contributed by atoms with Crippen molar-refractivity contribution in [2.75, 3.05) is 13.6 Å². The quantitative estimate of drug-likeness (QED) is 0.854. The lowest BCUT2D eigenvalue weighted by atomic mass is 10.1. The Bertz CT molecular complexity index is 760. The topological polar surface area (TPSA) is 49.4 Å². The van der Waals surface area contributed by atoms with Gasteiger partial charge in [0.2, 0.25) is 5.91 Å². The van der Waals surface area contributed by atoms with E-state index in [0.717, 1.165) is 5.56 Å². The van der Waals surface area contributed by atoms with Crippen LogP contribution in [0.15, 0.2) is 42.5 Å². The fourth-order valence-electron chi connectivity index (χ4n) is 2.37. The van der Waals surface area contributed by atoms with E-state index in [0.29, 0.717) is 5.56 Å². The van der Waals surface area contributed by atoms with Gasteiger partial charge < -0.3 is 10.2 Å². The molecule has 0 unspecified atom stereocenters. The average Bonchev–Trinajstić information content (AvgIpc) is 2.57. The Morgan fingerprint density at radius 1 is 1.20 bits per heavy atom. The van der Waals surface area contributed by atoms with E-state index in [-0.39, 0.29) is 41.9 Å². The molecule has 132 valence electrons. The van der Waals surface area contributed by atoms with E-state index < -0.39 is 5.82 Å². The normalized spacial score (nSPS) is 10.4. The summed E-state index contributed by atoms with van der Waals surface area (Å²) in [6.07, 6.45) is 0.125. The fraction of sp³-hybridized carbons (Fsp3) is 0.263. The summed E-state index contributed by atoms with van der Waals surface area (Å²) in [6.45, 7) is 2.19. The molecule has 0 aliphatic heterocycles. The average molecular weight is 363 g/mol. The van der Waals surface area contributed by atoms with Gasteiger partial charge in [0.15, 0.2) is 0 Å². The first-order valence-electron chi connectivity index (χ1n) is 7.90. The number of nitrogens with zero attached hydrogens (tertiary/aromatic N) is 1. The molecule has 2 aromatic carbocycles. The van der Waals surface area contributed by atoms with E-state index in [1.165, 1.54) is 17.0 Å². The van der Waals surface area contributed by atoms with E-state index in [4.69, 9.17) is 11.6 Å². The highest BCUT2D eigenvalue weighted by Gasteiger charge is 2.14. The zero-order chi connectivity index (χ0) is 18.4. The van der Waals surface area contributed by atoms with Gasteiger partial charge in [-0.15, -0.1) is 0 Å². The van der Waals surface area contributed by atoms with Crippen molar-refractivity contribution in [3.8, 4) is 0 Å². The Morgan fingerprint density at radius 2 is 1.92 bits per heavy atom. The molecule has 2 rings (SSSR count). The van der Waals surface area contributed by atoms with Crippen LogP contribution in [0.4, 0.5) is 4.39 Å². The fourth-order valence-corrected chi connectivity index (χ4v) is 2.59. The maximum atomic E-state index is 13.8. The lowest BCUT2D eigenvalue weighted by Crippen LogP contribution is -2.32. The molecule has 0 heterocycles. The van der Waals surface area contributed by atoms with Crippen molar-refractivity contribution in [1.29, 1.82) is 0 Å². The minimum absolute atomic E-state index is 0.0795. The van der Waals surface area contributed by atoms with Crippen LogP contribution >= 0.6 is 11.6 Å². The maximum Gasteiger partial charge on any atom is 0.251 e. The maximum absolute atomic E-state index is 13.8. The van der Waals surface area contributed by atoms with Crippen molar-refractivity contribution in [2.24, 2.45) is 0 Å². The number of nitrogens with one attached hydrogen (secondary N) is 1. The molecule has 0 saturated carbocycles. The zero-order valence-electron chi connectivity index (χ0n) is 14.2. The molecule has 4 nitrogen and oxygen atoms in total. The highest BCUT2D eigenvalue weighted by Crippen LogP contribution is 2.20. The smallest absolute Gasteiger partial charge is 0.251 e. The van der Waals surface area contributed by atoms with E-state index in [1.807, 2.05) is 13.0 Å². The van der Waals surface area contributed by atoms with E-state index in [9.17, 15) is 14.0 Å². The van der Waals surface area contributed by atoms with Crippen LogP contribution in [0.5, 0.6) is 0 Å². The SMILES string of the molecule is Cc1cccc(C(=O)NCCC(=O)N(C)Cc2c(F)cccc2Cl)c1. The number of hydrogen-bond acceptors (Lipinski definition) is 2. The minimum atomic E-state index is -0.445. The summed E-state index contributed by atoms with van der Waals surface area (Å²) in [5.41, 5.74) is 1.83. The van der Waals surface area contributed by atoms with Crippen LogP contribution in [0, 0.1) is 12.7 Å². The van der Waals surface area contributed by atoms with E-state index in [2.05, 4.69) is 5.32 Å². The van der Waals surface area contributed by atoms with Crippen molar-refractivity contribution in [3.05, 3.63) is 70.0 Å². The van der Waals surface area contributed by atoms with Crippen molar-refractivity contribution >= 4 is 23.4 Å². The minimum Gasteiger partial charge on any atom is -0.352 e. The van der Waals surface area contributed by atoms with Gasteiger partial charge >= 0.3 is 0 Å². The van der Waals surface area contributed by atoms with Crippen molar-refractivity contribution in [2.45, 2.75) is 19.9 Å². The summed E-state index contributed by atoms with van der Waals surface area (Å²) < 4.78 is 13.8. The monoisotopic (exact) mass is 362 g/mol. The first-order valence-corrected chi connectivity index (χ1v) is 8.28. The van der Waals surface area contributed by atoms with Crippen LogP contribution in [0.1, 0.15) is 27.9 Å². The van der Waals surface area contributed by atoms with Gasteiger partial charge in [-0.3, -0.25) is 9.59 Å². The van der Waals surface area contributed by atoms with Crippen LogP contribution < -0.4 is 5.32 Å². The molecule has 0 aliphatic rings. The molecule has 0 bridgehead atoms. The summed E-state index contributed by atoms with van der Waals surface area (Å²) in [6, 6.07) is 11.6. The first-order chi connectivity index (χ1) is 11.9. The van der Waals surface area contributed by atoms with Gasteiger partial charge in [-0.05, 0) is 31.2 Å². The highest BCUT2D eigenvalue weighted by molar-refractivity contribution is 6.31. The first kappa shape index (κ1) is 18.9. The summed E-state index contributed by atoms with van der Waals surface area (Å²) in [4.78, 5) is 25.6. The molecule has 0 fully saturated rings. The van der Waals surface area contributed by atoms with Gasteiger partial charge in [0.05, 0.1) is 0 Å². The van der Waals surface area contributed by atoms with Crippen molar-refractivity contribution in [1.82, 2.24) is 10.2 Å². The number of rotatable bonds is 6. The van der Waals surface area contributed by atoms with Crippen LogP contribution in [0.2, 0.25) is 5.02 Å². The molecule has 0 aromatic heterocycles. The third kappa shape index (κ3) is 5.29. The second kappa shape index (κ2) is 8.62. The Hall–Kier alpha value is -2.40. The van der Waals surface area contributed by atoms with Crippen molar-refractivity contribution in [3.63, 3.8) is 0 Å². The van der Waals surface area contributed by atoms with Crippen LogP contribution in [0.3, 0.4) is 0 Å². The second-order valence-corrected chi connectivity index (χ2v) is 6.23. The molecule has 0 saturated heterocycles. The number of hydrogen-bond donors (Lipinski definition) is 1. The second-order valence-electron chi connectivity index (χ2n) is 5.83. The van der Waals surface area contributed by atoms with E-state index >= 15 is 0 Å². The Labute approximate surface area is 151 Å². The summed E-state index contributed by atoms with van der Waals surface area (Å²) in [7, 11) is 1.58. The highest BCUT2D eigenvalue weighted by atomic mass is 35.5. The number of carbonyl (C=O) groups is 2. The molecule has 0 aliphatic carbocycles. The molecule has 1 N–H and O–H groups in total. The largest absolute Gasteiger partial charge is 0.352 e. The number of benzene rings is 2. The number of amides is 2. The third-order valence-corrected chi connectivity index (χ3v) is 4.14. The van der Waals surface area contributed by atoms with E-state index in [1.54, 1.807) is 31.3 Å². The summed E-state index contributed by atoms with van der Waals surface area (Å²) in [5.74, 6) is -0.875. The Morgan fingerprint density at radius 3 is 2.60 bits per heavy atom. The van der Waals surface area contributed by atoms with Gasteiger partial charge in [-0.25, -0.2) is 4.39 Å². The Balaban J connectivity index is 1.84. The molecule has 6 heteroatoms. The number of halogens is 2. The number of carbonyl (C=O) groups excluding carboxylic acids is 2. The number of aryl methyl sites for hydroxylation is 1. The third-order valence-electron chi connectivity index (χ3n) is 3.79. The predicted octanol–water partition coefficient (Wildman–Crippen LogP) is 3.57. The summed E-state index contributed by atoms with van der Waals surface area (Å²) in [5, 5.41) is 3.00. The zero-order valence-corrected chi connectivity index (χ0v) is 14.9. The lowest BCUT2D eigenvalue weighted by Gasteiger charge is -2.18. The van der Waals surface area contributed by atoms with Crippen LogP contribution in [0.25, 0.3) is 0 Å². The Kier molecular flexibility index (Phi) is 6.53. The van der Waals surface area contributed by atoms with Crippen molar-refractivity contribution < 1.29 is 14.0 Å². The molecular formula is C19H20ClFN2O2. The van der Waals surface area contributed by atoms with Gasteiger partial charge in [0, 0.05) is 42.7 Å². The summed E-state index contributed by atoms with van der Waals surface area (Å²) >= 11 is 5.97. The molecule has 25 heavy (non-hydrogen) atoms. The van der Waals surface area contributed by atoms with Crippen LogP contribution in [-0.2, 0) is 11.3 Å². The van der Waals surface area contributed by atoms with Gasteiger partial charge in [-0.2, -0.15) is 0 Å². The molecular weight excluding hydrogens is 343 g/mol. The van der Waals surface area contributed by atoms with Gasteiger partial charge in [0.1, 0.15) is 5.82 Å². The lowest BCUT2D eigenvalue weighted by molar-refractivity contribution is -0.130. The standard InChI is InChI=1S/C19H20ClFN2O2/c1-13-5-3-6-14(11-13)19(25)22-10-9-18(24)23(2)12-15-16(20)7-4-8-17(15)21/h3-8,11H,9-10,12H2,1-2H3,(H,22,25). The molecule has 0 atom stereocenters. The molecule has 0 spiro atoms. The predicted molar refractivity (Wildman–Crippen MR) is 96.0 cm³/mol. The molecule has 2 aromatic rings. The molecule has 0 radical (unpaired) electrons. The molecule has 2 amide bonds.